The summed E-state index contributed by atoms with van der Waals surface area (Å²) < 4.78 is 28.4. The molecule has 1 aliphatic heterocycles. The number of nitrogens with one attached hydrogen (secondary N) is 1. The van der Waals surface area contributed by atoms with Crippen molar-refractivity contribution in [1.29, 1.82) is 0 Å². The lowest BCUT2D eigenvalue weighted by Crippen LogP contribution is -2.49. The van der Waals surface area contributed by atoms with Crippen LogP contribution in [0.1, 0.15) is 31.4 Å². The Hall–Kier alpha value is -3.77. The monoisotopic (exact) mass is 565 g/mol. The van der Waals surface area contributed by atoms with Gasteiger partial charge in [0.15, 0.2) is 5.65 Å². The van der Waals surface area contributed by atoms with E-state index in [1.165, 1.54) is 4.52 Å². The van der Waals surface area contributed by atoms with Crippen molar-refractivity contribution in [2.75, 3.05) is 50.7 Å². The van der Waals surface area contributed by atoms with Crippen molar-refractivity contribution < 1.29 is 13.2 Å². The van der Waals surface area contributed by atoms with E-state index in [-0.39, 0.29) is 21.5 Å². The fourth-order valence-corrected chi connectivity index (χ4v) is 6.83. The number of benzene rings is 2. The number of amides is 1. The van der Waals surface area contributed by atoms with E-state index >= 15 is 0 Å². The molecule has 1 fully saturated rings. The van der Waals surface area contributed by atoms with Gasteiger partial charge in [0.05, 0.1) is 15.8 Å². The van der Waals surface area contributed by atoms with Crippen molar-refractivity contribution in [2.45, 2.75) is 44.0 Å². The van der Waals surface area contributed by atoms with Crippen LogP contribution in [0.15, 0.2) is 51.1 Å². The molecule has 3 heterocycles. The maximum Gasteiger partial charge on any atom is 0.259 e. The van der Waals surface area contributed by atoms with Crippen molar-refractivity contribution in [3.05, 3.63) is 57.9 Å². The Labute approximate surface area is 233 Å². The number of anilines is 1. The highest BCUT2D eigenvalue weighted by Gasteiger charge is 2.28. The average Bonchev–Trinajstić information content (AvgIpc) is 3.38. The van der Waals surface area contributed by atoms with Crippen LogP contribution >= 0.6 is 0 Å². The summed E-state index contributed by atoms with van der Waals surface area (Å²) in [4.78, 5) is 34.8. The third-order valence-electron chi connectivity index (χ3n) is 7.73. The summed E-state index contributed by atoms with van der Waals surface area (Å²) in [6.45, 7) is 13.0. The molecule has 212 valence electrons. The number of carbonyl (C=O) groups excluding carboxylic acids is 1. The van der Waals surface area contributed by atoms with Gasteiger partial charge in [0.25, 0.3) is 5.56 Å². The molecule has 0 spiro atoms. The summed E-state index contributed by atoms with van der Waals surface area (Å²) in [5.41, 5.74) is 2.47. The Morgan fingerprint density at radius 1 is 1.02 bits per heavy atom. The van der Waals surface area contributed by atoms with Crippen molar-refractivity contribution in [3.63, 3.8) is 0 Å². The topological polar surface area (TPSA) is 124 Å². The van der Waals surface area contributed by atoms with Gasteiger partial charge in [0.2, 0.25) is 20.8 Å². The number of sulfone groups is 1. The predicted octanol–water partition coefficient (Wildman–Crippen LogP) is 2.40. The summed E-state index contributed by atoms with van der Waals surface area (Å²) in [5.74, 6) is 0.165. The van der Waals surface area contributed by atoms with Gasteiger partial charge in [-0.25, -0.2) is 8.42 Å². The number of aromatic nitrogens is 4. The molecule has 0 aliphatic carbocycles. The predicted molar refractivity (Wildman–Crippen MR) is 154 cm³/mol. The lowest BCUT2D eigenvalue weighted by molar-refractivity contribution is -0.131. The number of hydrogen-bond donors (Lipinski definition) is 1. The molecule has 2 aromatic heterocycles. The van der Waals surface area contributed by atoms with Crippen LogP contribution in [0.4, 0.5) is 5.69 Å². The largest absolute Gasteiger partial charge is 0.368 e. The average molecular weight is 566 g/mol. The van der Waals surface area contributed by atoms with Crippen LogP contribution in [-0.4, -0.2) is 89.7 Å². The minimum absolute atomic E-state index is 0.0262. The van der Waals surface area contributed by atoms with Crippen molar-refractivity contribution in [1.82, 2.24) is 29.6 Å². The molecule has 1 N–H and O–H groups in total. The lowest BCUT2D eigenvalue weighted by atomic mass is 10.2. The molecular formula is C28H35N7O4S. The minimum atomic E-state index is -4.03. The van der Waals surface area contributed by atoms with Crippen LogP contribution in [0.3, 0.4) is 0 Å². The SMILES string of the molecule is CCN(CC)CCC(=O)N1CCN(c2ccc3c(=O)[nH]c4c(S(=O)(=O)c5ccc(C)cc5C)nnn4c3c2)CC1. The number of rotatable bonds is 8. The molecule has 1 aliphatic rings. The van der Waals surface area contributed by atoms with Crippen LogP contribution in [0.25, 0.3) is 16.6 Å². The summed E-state index contributed by atoms with van der Waals surface area (Å²) in [5, 5.41) is 8.23. The first-order valence-electron chi connectivity index (χ1n) is 13.6. The quantitative estimate of drug-likeness (QED) is 0.346. The first kappa shape index (κ1) is 27.8. The molecule has 0 atom stereocenters. The van der Waals surface area contributed by atoms with Crippen molar-refractivity contribution in [2.24, 2.45) is 0 Å². The standard InChI is InChI=1S/C28H35N7O4S/c1-5-32(6-2)12-11-25(36)34-15-13-33(14-16-34)21-8-9-22-23(18-21)35-26(29-27(22)37)28(30-31-35)40(38,39)24-10-7-19(3)17-20(24)4/h7-10,17-18H,5-6,11-16H2,1-4H3,(H,29,37). The number of piperazine rings is 1. The molecular weight excluding hydrogens is 530 g/mol. The molecule has 0 unspecified atom stereocenters. The minimum Gasteiger partial charge on any atom is -0.368 e. The highest BCUT2D eigenvalue weighted by molar-refractivity contribution is 7.91. The van der Waals surface area contributed by atoms with Crippen LogP contribution in [0, 0.1) is 13.8 Å². The third-order valence-corrected chi connectivity index (χ3v) is 9.55. The maximum absolute atomic E-state index is 13.5. The molecule has 11 nitrogen and oxygen atoms in total. The first-order chi connectivity index (χ1) is 19.1. The summed E-state index contributed by atoms with van der Waals surface area (Å²) in [7, 11) is -4.03. The van der Waals surface area contributed by atoms with Gasteiger partial charge in [-0.15, -0.1) is 5.10 Å². The van der Waals surface area contributed by atoms with Gasteiger partial charge in [-0.3, -0.25) is 9.59 Å². The van der Waals surface area contributed by atoms with Gasteiger partial charge in [0.1, 0.15) is 0 Å². The van der Waals surface area contributed by atoms with E-state index < -0.39 is 15.4 Å². The summed E-state index contributed by atoms with van der Waals surface area (Å²) >= 11 is 0. The Morgan fingerprint density at radius 3 is 2.42 bits per heavy atom. The molecule has 0 bridgehead atoms. The smallest absolute Gasteiger partial charge is 0.259 e. The van der Waals surface area contributed by atoms with Gasteiger partial charge >= 0.3 is 0 Å². The second-order valence-corrected chi connectivity index (χ2v) is 12.1. The van der Waals surface area contributed by atoms with Gasteiger partial charge in [-0.05, 0) is 56.8 Å². The van der Waals surface area contributed by atoms with Crippen LogP contribution < -0.4 is 10.5 Å². The number of H-pyrrole nitrogens is 1. The lowest BCUT2D eigenvalue weighted by Gasteiger charge is -2.36. The molecule has 0 saturated carbocycles. The fraction of sp³-hybridized carbons (Fsp3) is 0.429. The number of aromatic amines is 1. The van der Waals surface area contributed by atoms with Crippen LogP contribution in [0.2, 0.25) is 0 Å². The van der Waals surface area contributed by atoms with E-state index in [2.05, 4.69) is 38.9 Å². The molecule has 1 saturated heterocycles. The number of carbonyl (C=O) groups is 1. The molecule has 0 radical (unpaired) electrons. The molecule has 1 amide bonds. The van der Waals surface area contributed by atoms with E-state index in [0.29, 0.717) is 49.1 Å². The Bertz CT molecular complexity index is 1730. The molecule has 4 aromatic rings. The number of aryl methyl sites for hydroxylation is 2. The van der Waals surface area contributed by atoms with E-state index in [0.717, 1.165) is 30.9 Å². The third kappa shape index (κ3) is 5.08. The highest BCUT2D eigenvalue weighted by Crippen LogP contribution is 2.27. The molecule has 12 heteroatoms. The zero-order chi connectivity index (χ0) is 28.6. The van der Waals surface area contributed by atoms with E-state index in [1.807, 2.05) is 24.0 Å². The first-order valence-corrected chi connectivity index (χ1v) is 15.1. The van der Waals surface area contributed by atoms with Gasteiger partial charge < -0.3 is 19.7 Å². The van der Waals surface area contributed by atoms with Crippen molar-refractivity contribution in [3.8, 4) is 0 Å². The Morgan fingerprint density at radius 2 is 1.75 bits per heavy atom. The zero-order valence-electron chi connectivity index (χ0n) is 23.3. The summed E-state index contributed by atoms with van der Waals surface area (Å²) in [6.07, 6.45) is 0.512. The van der Waals surface area contributed by atoms with Gasteiger partial charge in [-0.2, -0.15) is 4.52 Å². The van der Waals surface area contributed by atoms with Crippen molar-refractivity contribution >= 4 is 38.0 Å². The Kier molecular flexibility index (Phi) is 7.65. The number of nitrogens with zero attached hydrogens (tertiary/aromatic N) is 6. The molecule has 2 aromatic carbocycles. The maximum atomic E-state index is 13.5. The van der Waals surface area contributed by atoms with Crippen LogP contribution in [-0.2, 0) is 14.6 Å². The number of hydrogen-bond acceptors (Lipinski definition) is 8. The molecule has 40 heavy (non-hydrogen) atoms. The van der Waals surface area contributed by atoms with Gasteiger partial charge in [0, 0.05) is 44.8 Å². The van der Waals surface area contributed by atoms with E-state index in [1.54, 1.807) is 31.2 Å². The summed E-state index contributed by atoms with van der Waals surface area (Å²) in [6, 6.07) is 10.5. The fourth-order valence-electron chi connectivity index (χ4n) is 5.35. The number of fused-ring (bicyclic) bond motifs is 3. The molecule has 5 rings (SSSR count). The highest BCUT2D eigenvalue weighted by atomic mass is 32.2. The normalized spacial score (nSPS) is 14.5. The second kappa shape index (κ2) is 11.0. The van der Waals surface area contributed by atoms with Crippen LogP contribution in [0.5, 0.6) is 0 Å². The van der Waals surface area contributed by atoms with E-state index in [4.69, 9.17) is 0 Å². The zero-order valence-corrected chi connectivity index (χ0v) is 24.2. The Balaban J connectivity index is 1.42. The van der Waals surface area contributed by atoms with E-state index in [9.17, 15) is 18.0 Å². The second-order valence-electron chi connectivity index (χ2n) is 10.2. The van der Waals surface area contributed by atoms with Gasteiger partial charge in [-0.1, -0.05) is 36.8 Å².